The van der Waals surface area contributed by atoms with Crippen molar-refractivity contribution >= 4 is 11.9 Å². The molecule has 0 aromatic heterocycles. The molecule has 0 fully saturated rings. The van der Waals surface area contributed by atoms with E-state index in [-0.39, 0.29) is 5.70 Å². The molecule has 6 heteroatoms. The van der Waals surface area contributed by atoms with Crippen molar-refractivity contribution < 1.29 is 19.5 Å². The Labute approximate surface area is 69.1 Å². The fraction of sp³-hybridized carbons (Fsp3) is 0. The van der Waals surface area contributed by atoms with Crippen LogP contribution in [0.15, 0.2) is 24.9 Å². The lowest BCUT2D eigenvalue weighted by Crippen LogP contribution is -2.06. The monoisotopic (exact) mass is 174 g/mol. The van der Waals surface area contributed by atoms with Crippen molar-refractivity contribution in [3.8, 4) is 0 Å². The molecule has 0 unspecified atom stereocenters. The first-order valence-electron chi connectivity index (χ1n) is 2.66. The van der Waals surface area contributed by atoms with Crippen LogP contribution in [0.4, 0.5) is 0 Å². The molecule has 0 atom stereocenters. The summed E-state index contributed by atoms with van der Waals surface area (Å²) in [6, 6.07) is 0. The molecule has 0 amide bonds. The van der Waals surface area contributed by atoms with Crippen molar-refractivity contribution in [2.24, 2.45) is 11.6 Å². The molecular formula is C6H10N2O4. The molecule has 0 rings (SSSR count). The lowest BCUT2D eigenvalue weighted by Gasteiger charge is -1.81. The number of hydrogen-bond donors (Lipinski definition) is 3. The molecule has 0 spiro atoms. The zero-order valence-electron chi connectivity index (χ0n) is 6.32. The van der Waals surface area contributed by atoms with Gasteiger partial charge < -0.3 is 15.7 Å². The molecule has 12 heavy (non-hydrogen) atoms. The molecule has 0 bridgehead atoms. The van der Waals surface area contributed by atoms with Gasteiger partial charge in [0, 0.05) is 6.08 Å². The molecule has 0 aliphatic rings. The summed E-state index contributed by atoms with van der Waals surface area (Å²) in [5, 5.41) is 7.77. The first-order valence-corrected chi connectivity index (χ1v) is 2.66. The topological polar surface area (TPSA) is 116 Å². The highest BCUT2D eigenvalue weighted by molar-refractivity contribution is 5.84. The zero-order chi connectivity index (χ0) is 10.1. The number of carboxylic acids is 1. The quantitative estimate of drug-likeness (QED) is 0.370. The molecule has 0 aliphatic carbocycles. The average molecular weight is 174 g/mol. The van der Waals surface area contributed by atoms with Crippen molar-refractivity contribution in [2.75, 3.05) is 0 Å². The molecule has 0 aromatic carbocycles. The Morgan fingerprint density at radius 3 is 1.83 bits per heavy atom. The van der Waals surface area contributed by atoms with E-state index in [9.17, 15) is 9.59 Å². The van der Waals surface area contributed by atoms with E-state index in [0.29, 0.717) is 0 Å². The van der Waals surface area contributed by atoms with Crippen LogP contribution in [0.5, 0.6) is 0 Å². The van der Waals surface area contributed by atoms with E-state index < -0.39 is 11.9 Å². The van der Waals surface area contributed by atoms with E-state index in [1.54, 1.807) is 0 Å². The second-order valence-corrected chi connectivity index (χ2v) is 1.47. The fourth-order valence-electron chi connectivity index (χ4n) is 0.0481. The molecular weight excluding hydrogens is 164 g/mol. The van der Waals surface area contributed by atoms with Gasteiger partial charge in [-0.3, -0.25) is 0 Å². The van der Waals surface area contributed by atoms with Gasteiger partial charge in [-0.05, 0) is 0 Å². The lowest BCUT2D eigenvalue weighted by atomic mass is 10.5. The second kappa shape index (κ2) is 7.29. The number of rotatable bonds is 2. The molecule has 5 N–H and O–H groups in total. The van der Waals surface area contributed by atoms with Crippen molar-refractivity contribution in [2.45, 2.75) is 0 Å². The number of carbonyl (C=O) groups excluding carboxylic acids is 1. The minimum atomic E-state index is -1.16. The highest BCUT2D eigenvalue weighted by Crippen LogP contribution is 1.69. The van der Waals surface area contributed by atoms with Gasteiger partial charge >= 0.3 is 11.9 Å². The van der Waals surface area contributed by atoms with Gasteiger partial charge in [0.25, 0.3) is 0 Å². The van der Waals surface area contributed by atoms with Crippen LogP contribution >= 0.6 is 0 Å². The van der Waals surface area contributed by atoms with E-state index in [2.05, 4.69) is 29.6 Å². The summed E-state index contributed by atoms with van der Waals surface area (Å²) in [7, 11) is 0. The summed E-state index contributed by atoms with van der Waals surface area (Å²) in [6.45, 7) is 6.01. The maximum Gasteiger partial charge on any atom is 0.351 e. The number of carboxylic acid groups (broad SMARTS) is 1. The highest BCUT2D eigenvalue weighted by Gasteiger charge is 1.91. The number of carbonyl (C=O) groups is 2. The Morgan fingerprint density at radius 2 is 1.83 bits per heavy atom. The first-order chi connectivity index (χ1) is 5.45. The first kappa shape index (κ1) is 12.8. The van der Waals surface area contributed by atoms with E-state index in [0.717, 1.165) is 6.08 Å². The summed E-state index contributed by atoms with van der Waals surface area (Å²) in [6.07, 6.45) is 0.986. The van der Waals surface area contributed by atoms with Crippen LogP contribution < -0.4 is 11.6 Å². The zero-order valence-corrected chi connectivity index (χ0v) is 6.32. The average Bonchev–Trinajstić information content (AvgIpc) is 2.04. The SMILES string of the molecule is C=C(N)C(=O)O.C=CC(=O)ON. The van der Waals surface area contributed by atoms with Crippen molar-refractivity contribution in [1.29, 1.82) is 0 Å². The summed E-state index contributed by atoms with van der Waals surface area (Å²) in [4.78, 5) is 22.8. The van der Waals surface area contributed by atoms with Crippen molar-refractivity contribution in [1.82, 2.24) is 0 Å². The van der Waals surface area contributed by atoms with Gasteiger partial charge in [-0.25, -0.2) is 9.59 Å². The Bertz CT molecular complexity index is 185. The van der Waals surface area contributed by atoms with E-state index in [1.807, 2.05) is 0 Å². The molecule has 0 radical (unpaired) electrons. The van der Waals surface area contributed by atoms with Crippen LogP contribution in [0.25, 0.3) is 0 Å². The minimum Gasteiger partial charge on any atom is -0.477 e. The second-order valence-electron chi connectivity index (χ2n) is 1.47. The largest absolute Gasteiger partial charge is 0.477 e. The molecule has 0 aliphatic heterocycles. The van der Waals surface area contributed by atoms with Crippen LogP contribution in [0, 0.1) is 0 Å². The Kier molecular flexibility index (Phi) is 7.79. The number of aliphatic carboxylic acids is 1. The van der Waals surface area contributed by atoms with Crippen LogP contribution in [0.2, 0.25) is 0 Å². The van der Waals surface area contributed by atoms with E-state index >= 15 is 0 Å². The van der Waals surface area contributed by atoms with Crippen LogP contribution in [0.3, 0.4) is 0 Å². The predicted molar refractivity (Wildman–Crippen MR) is 41.4 cm³/mol. The van der Waals surface area contributed by atoms with E-state index in [4.69, 9.17) is 5.11 Å². The Morgan fingerprint density at radius 1 is 1.50 bits per heavy atom. The smallest absolute Gasteiger partial charge is 0.351 e. The number of nitrogens with two attached hydrogens (primary N) is 2. The van der Waals surface area contributed by atoms with Gasteiger partial charge in [0.1, 0.15) is 5.70 Å². The van der Waals surface area contributed by atoms with Crippen molar-refractivity contribution in [3.05, 3.63) is 24.9 Å². The summed E-state index contributed by atoms with van der Waals surface area (Å²) >= 11 is 0. The van der Waals surface area contributed by atoms with Gasteiger partial charge in [0.05, 0.1) is 0 Å². The maximum atomic E-state index is 9.72. The molecule has 0 saturated carbocycles. The Balaban J connectivity index is 0. The summed E-state index contributed by atoms with van der Waals surface area (Å²) in [5.74, 6) is 2.59. The molecule has 0 heterocycles. The summed E-state index contributed by atoms with van der Waals surface area (Å²) in [5.41, 5.74) is 4.32. The third-order valence-corrected chi connectivity index (χ3v) is 0.558. The summed E-state index contributed by atoms with van der Waals surface area (Å²) < 4.78 is 0. The van der Waals surface area contributed by atoms with Crippen LogP contribution in [-0.4, -0.2) is 17.0 Å². The highest BCUT2D eigenvalue weighted by atomic mass is 16.7. The maximum absolute atomic E-state index is 9.72. The van der Waals surface area contributed by atoms with Gasteiger partial charge in [0.15, 0.2) is 0 Å². The van der Waals surface area contributed by atoms with Crippen LogP contribution in [-0.2, 0) is 14.4 Å². The van der Waals surface area contributed by atoms with E-state index in [1.165, 1.54) is 0 Å². The standard InChI is InChI=1S/2C3H5NO2/c1-2-3(5)6-4;1-2(4)3(5)6/h2H,1,4H2;1,4H2,(H,5,6). The Hall–Kier alpha value is -1.82. The molecule has 0 aromatic rings. The predicted octanol–water partition coefficient (Wildman–Crippen LogP) is -0.867. The van der Waals surface area contributed by atoms with Crippen molar-refractivity contribution in [3.63, 3.8) is 0 Å². The van der Waals surface area contributed by atoms with Gasteiger partial charge in [0.2, 0.25) is 0 Å². The van der Waals surface area contributed by atoms with Gasteiger partial charge in [-0.1, -0.05) is 13.2 Å². The molecule has 0 saturated heterocycles. The minimum absolute atomic E-state index is 0.324. The van der Waals surface area contributed by atoms with Gasteiger partial charge in [-0.15, -0.1) is 0 Å². The molecule has 6 nitrogen and oxygen atoms in total. The third-order valence-electron chi connectivity index (χ3n) is 0.558. The van der Waals surface area contributed by atoms with Gasteiger partial charge in [-0.2, -0.15) is 5.90 Å². The lowest BCUT2D eigenvalue weighted by molar-refractivity contribution is -0.138. The number of hydrogen-bond acceptors (Lipinski definition) is 5. The molecule has 68 valence electrons. The third kappa shape index (κ3) is 11.0. The normalized spacial score (nSPS) is 7.08. The van der Waals surface area contributed by atoms with Crippen LogP contribution in [0.1, 0.15) is 0 Å². The fourth-order valence-corrected chi connectivity index (χ4v) is 0.0481.